The normalized spacial score (nSPS) is 31.7. The first-order valence-corrected chi connectivity index (χ1v) is 8.03. The van der Waals surface area contributed by atoms with Gasteiger partial charge in [-0.1, -0.05) is 26.7 Å². The maximum atomic E-state index is 10.1. The van der Waals surface area contributed by atoms with Crippen molar-refractivity contribution in [2.45, 2.75) is 89.8 Å². The van der Waals surface area contributed by atoms with Crippen LogP contribution in [0, 0.1) is 5.41 Å². The van der Waals surface area contributed by atoms with Crippen LogP contribution in [0.15, 0.2) is 0 Å². The fourth-order valence-corrected chi connectivity index (χ4v) is 4.63. The Morgan fingerprint density at radius 3 is 2.33 bits per heavy atom. The number of hydrogen-bond acceptors (Lipinski definition) is 2. The molecule has 1 spiro atoms. The standard InChI is InChI=1S/C16H31NO/c1-4-13(5-2)17(3)15-12-14(18)8-11-16(15)9-6-7-10-16/h13-15,18H,4-12H2,1-3H3. The molecule has 18 heavy (non-hydrogen) atoms. The van der Waals surface area contributed by atoms with Gasteiger partial charge in [-0.15, -0.1) is 0 Å². The SMILES string of the molecule is CCC(CC)N(C)C1CC(O)CCC12CCCC2. The van der Waals surface area contributed by atoms with Crippen molar-refractivity contribution in [3.63, 3.8) is 0 Å². The third kappa shape index (κ3) is 2.60. The predicted molar refractivity (Wildman–Crippen MR) is 76.7 cm³/mol. The Bertz CT molecular complexity index is 256. The van der Waals surface area contributed by atoms with E-state index in [1.165, 1.54) is 44.9 Å². The molecule has 2 nitrogen and oxygen atoms in total. The average Bonchev–Trinajstić information content (AvgIpc) is 2.83. The largest absolute Gasteiger partial charge is 0.393 e. The number of rotatable bonds is 4. The number of nitrogens with zero attached hydrogens (tertiary/aromatic N) is 1. The molecule has 2 aliphatic rings. The molecule has 0 radical (unpaired) electrons. The quantitative estimate of drug-likeness (QED) is 0.828. The monoisotopic (exact) mass is 253 g/mol. The van der Waals surface area contributed by atoms with E-state index in [2.05, 4.69) is 25.8 Å². The Morgan fingerprint density at radius 2 is 1.78 bits per heavy atom. The summed E-state index contributed by atoms with van der Waals surface area (Å²) in [5.41, 5.74) is 0.538. The van der Waals surface area contributed by atoms with Crippen LogP contribution in [0.25, 0.3) is 0 Å². The van der Waals surface area contributed by atoms with Gasteiger partial charge in [-0.25, -0.2) is 0 Å². The molecular weight excluding hydrogens is 222 g/mol. The minimum Gasteiger partial charge on any atom is -0.393 e. The highest BCUT2D eigenvalue weighted by atomic mass is 16.3. The second-order valence-electron chi connectivity index (χ2n) is 6.65. The topological polar surface area (TPSA) is 23.5 Å². The van der Waals surface area contributed by atoms with Crippen molar-refractivity contribution in [3.8, 4) is 0 Å². The molecule has 2 aliphatic carbocycles. The highest BCUT2D eigenvalue weighted by molar-refractivity contribution is 5.00. The van der Waals surface area contributed by atoms with E-state index in [-0.39, 0.29) is 6.10 Å². The summed E-state index contributed by atoms with van der Waals surface area (Å²) in [5, 5.41) is 10.1. The van der Waals surface area contributed by atoms with Gasteiger partial charge in [0.15, 0.2) is 0 Å². The Kier molecular flexibility index (Phi) is 4.71. The molecule has 0 aliphatic heterocycles. The maximum Gasteiger partial charge on any atom is 0.0555 e. The van der Waals surface area contributed by atoms with E-state index in [9.17, 15) is 5.11 Å². The van der Waals surface area contributed by atoms with Gasteiger partial charge in [0, 0.05) is 12.1 Å². The summed E-state index contributed by atoms with van der Waals surface area (Å²) >= 11 is 0. The fraction of sp³-hybridized carbons (Fsp3) is 1.00. The second-order valence-corrected chi connectivity index (χ2v) is 6.65. The van der Waals surface area contributed by atoms with E-state index < -0.39 is 0 Å². The Balaban J connectivity index is 2.14. The first-order valence-electron chi connectivity index (χ1n) is 8.03. The zero-order valence-electron chi connectivity index (χ0n) is 12.5. The number of aliphatic hydroxyl groups is 1. The molecule has 0 amide bonds. The smallest absolute Gasteiger partial charge is 0.0555 e. The molecule has 0 saturated heterocycles. The summed E-state index contributed by atoms with van der Waals surface area (Å²) in [6.07, 6.45) is 11.3. The molecule has 0 aromatic carbocycles. The summed E-state index contributed by atoms with van der Waals surface area (Å²) in [4.78, 5) is 2.62. The second kappa shape index (κ2) is 5.92. The van der Waals surface area contributed by atoms with Crippen LogP contribution < -0.4 is 0 Å². The van der Waals surface area contributed by atoms with Gasteiger partial charge in [-0.3, -0.25) is 4.90 Å². The van der Waals surface area contributed by atoms with Crippen LogP contribution in [-0.4, -0.2) is 35.2 Å². The number of hydrogen-bond donors (Lipinski definition) is 1. The Hall–Kier alpha value is -0.0800. The molecule has 2 fully saturated rings. The molecular formula is C16H31NO. The van der Waals surface area contributed by atoms with Crippen LogP contribution in [0.5, 0.6) is 0 Å². The van der Waals surface area contributed by atoms with Crippen molar-refractivity contribution in [3.05, 3.63) is 0 Å². The minimum atomic E-state index is -0.0574. The van der Waals surface area contributed by atoms with Gasteiger partial charge in [0.25, 0.3) is 0 Å². The third-order valence-corrected chi connectivity index (χ3v) is 5.79. The van der Waals surface area contributed by atoms with Crippen LogP contribution in [0.1, 0.15) is 71.6 Å². The van der Waals surface area contributed by atoms with Gasteiger partial charge in [0.2, 0.25) is 0 Å². The lowest BCUT2D eigenvalue weighted by atomic mass is 9.67. The van der Waals surface area contributed by atoms with Crippen molar-refractivity contribution in [1.82, 2.24) is 4.90 Å². The van der Waals surface area contributed by atoms with Crippen molar-refractivity contribution < 1.29 is 5.11 Å². The van der Waals surface area contributed by atoms with E-state index in [1.54, 1.807) is 0 Å². The first-order chi connectivity index (χ1) is 8.63. The van der Waals surface area contributed by atoms with E-state index in [4.69, 9.17) is 0 Å². The summed E-state index contributed by atoms with van der Waals surface area (Å²) in [6.45, 7) is 4.59. The molecule has 0 aromatic heterocycles. The van der Waals surface area contributed by atoms with Crippen molar-refractivity contribution in [2.75, 3.05) is 7.05 Å². The van der Waals surface area contributed by atoms with E-state index in [0.717, 1.165) is 12.8 Å². The van der Waals surface area contributed by atoms with Crippen molar-refractivity contribution >= 4 is 0 Å². The highest BCUT2D eigenvalue weighted by Gasteiger charge is 2.47. The van der Waals surface area contributed by atoms with Gasteiger partial charge < -0.3 is 5.11 Å². The van der Waals surface area contributed by atoms with Crippen molar-refractivity contribution in [2.24, 2.45) is 5.41 Å². The Labute approximate surface area is 113 Å². The van der Waals surface area contributed by atoms with Gasteiger partial charge in [0.1, 0.15) is 0 Å². The Morgan fingerprint density at radius 1 is 1.17 bits per heavy atom. The maximum absolute atomic E-state index is 10.1. The lowest BCUT2D eigenvalue weighted by molar-refractivity contribution is -0.0330. The average molecular weight is 253 g/mol. The predicted octanol–water partition coefficient (Wildman–Crippen LogP) is 3.58. The molecule has 2 atom stereocenters. The lowest BCUT2D eigenvalue weighted by Crippen LogP contribution is -2.53. The number of aliphatic hydroxyl groups excluding tert-OH is 1. The zero-order chi connectivity index (χ0) is 13.2. The fourth-order valence-electron chi connectivity index (χ4n) is 4.63. The molecule has 1 N–H and O–H groups in total. The van der Waals surface area contributed by atoms with Crippen molar-refractivity contribution in [1.29, 1.82) is 0 Å². The molecule has 0 aromatic rings. The van der Waals surface area contributed by atoms with Gasteiger partial charge in [-0.2, -0.15) is 0 Å². The van der Waals surface area contributed by atoms with Gasteiger partial charge in [-0.05, 0) is 57.4 Å². The van der Waals surface area contributed by atoms with Crippen LogP contribution in [0.3, 0.4) is 0 Å². The highest BCUT2D eigenvalue weighted by Crippen LogP contribution is 2.51. The van der Waals surface area contributed by atoms with Crippen LogP contribution in [-0.2, 0) is 0 Å². The van der Waals surface area contributed by atoms with Gasteiger partial charge in [0.05, 0.1) is 6.10 Å². The first kappa shape index (κ1) is 14.3. The summed E-state index contributed by atoms with van der Waals surface area (Å²) < 4.78 is 0. The molecule has 2 heteroatoms. The molecule has 0 heterocycles. The zero-order valence-corrected chi connectivity index (χ0v) is 12.5. The summed E-state index contributed by atoms with van der Waals surface area (Å²) in [5.74, 6) is 0. The molecule has 2 unspecified atom stereocenters. The summed E-state index contributed by atoms with van der Waals surface area (Å²) in [7, 11) is 2.31. The summed E-state index contributed by atoms with van der Waals surface area (Å²) in [6, 6.07) is 1.31. The molecule has 2 rings (SSSR count). The van der Waals surface area contributed by atoms with E-state index in [0.29, 0.717) is 17.5 Å². The lowest BCUT2D eigenvalue weighted by Gasteiger charge is -2.50. The van der Waals surface area contributed by atoms with E-state index >= 15 is 0 Å². The minimum absolute atomic E-state index is 0.0574. The van der Waals surface area contributed by atoms with Crippen LogP contribution in [0.4, 0.5) is 0 Å². The van der Waals surface area contributed by atoms with E-state index in [1.807, 2.05) is 0 Å². The molecule has 0 bridgehead atoms. The molecule has 106 valence electrons. The van der Waals surface area contributed by atoms with Crippen LogP contribution in [0.2, 0.25) is 0 Å². The van der Waals surface area contributed by atoms with Gasteiger partial charge >= 0.3 is 0 Å². The molecule has 2 saturated carbocycles. The third-order valence-electron chi connectivity index (χ3n) is 5.79. The van der Waals surface area contributed by atoms with Crippen LogP contribution >= 0.6 is 0 Å².